The Bertz CT molecular complexity index is 893. The molecule has 0 radical (unpaired) electrons. The molecule has 27 heavy (non-hydrogen) atoms. The number of benzene rings is 2. The van der Waals surface area contributed by atoms with E-state index in [2.05, 4.69) is 6.58 Å². The number of carbonyl (C=O) groups excluding carboxylic acids is 3. The monoisotopic (exact) mass is 366 g/mol. The molecule has 0 bridgehead atoms. The molecule has 0 amide bonds. The summed E-state index contributed by atoms with van der Waals surface area (Å²) in [7, 11) is 1.48. The smallest absolute Gasteiger partial charge is 0.338 e. The van der Waals surface area contributed by atoms with Crippen LogP contribution < -0.4 is 14.2 Å². The van der Waals surface area contributed by atoms with Gasteiger partial charge in [-0.25, -0.2) is 4.79 Å². The van der Waals surface area contributed by atoms with Gasteiger partial charge in [0.25, 0.3) is 6.47 Å². The Morgan fingerprint density at radius 1 is 1.04 bits per heavy atom. The van der Waals surface area contributed by atoms with Crippen LogP contribution in [0.25, 0.3) is 11.6 Å². The van der Waals surface area contributed by atoms with Crippen LogP contribution in [0.15, 0.2) is 54.6 Å². The lowest BCUT2D eigenvalue weighted by Gasteiger charge is -2.10. The second kappa shape index (κ2) is 9.15. The zero-order chi connectivity index (χ0) is 19.8. The second-order valence-corrected chi connectivity index (χ2v) is 5.53. The molecule has 0 aliphatic carbocycles. The van der Waals surface area contributed by atoms with E-state index >= 15 is 0 Å². The van der Waals surface area contributed by atoms with Crippen molar-refractivity contribution in [2.24, 2.45) is 0 Å². The fourth-order valence-electron chi connectivity index (χ4n) is 2.20. The van der Waals surface area contributed by atoms with Crippen LogP contribution in [-0.4, -0.2) is 25.8 Å². The molecule has 2 aromatic carbocycles. The first kappa shape index (κ1) is 19.7. The number of hydrogen-bond donors (Lipinski definition) is 0. The minimum Gasteiger partial charge on any atom is -0.496 e. The topological polar surface area (TPSA) is 78.9 Å². The van der Waals surface area contributed by atoms with Crippen molar-refractivity contribution in [3.05, 3.63) is 65.7 Å². The molecule has 0 saturated carbocycles. The highest BCUT2D eigenvalue weighted by atomic mass is 16.5. The molecule has 6 heteroatoms. The van der Waals surface area contributed by atoms with E-state index < -0.39 is 5.97 Å². The Kier molecular flexibility index (Phi) is 6.66. The summed E-state index contributed by atoms with van der Waals surface area (Å²) < 4.78 is 15.2. The maximum absolute atomic E-state index is 11.6. The molecule has 0 aromatic heterocycles. The van der Waals surface area contributed by atoms with Gasteiger partial charge < -0.3 is 14.2 Å². The highest BCUT2D eigenvalue weighted by Crippen LogP contribution is 2.29. The van der Waals surface area contributed by atoms with Gasteiger partial charge in [-0.3, -0.25) is 9.59 Å². The third-order valence-corrected chi connectivity index (χ3v) is 3.57. The van der Waals surface area contributed by atoms with Gasteiger partial charge in [-0.15, -0.1) is 0 Å². The molecule has 0 N–H and O–H groups in total. The molecule has 138 valence electrons. The van der Waals surface area contributed by atoms with Gasteiger partial charge in [-0.1, -0.05) is 18.7 Å². The van der Waals surface area contributed by atoms with Crippen molar-refractivity contribution in [1.29, 1.82) is 0 Å². The van der Waals surface area contributed by atoms with Gasteiger partial charge in [0.05, 0.1) is 7.11 Å². The van der Waals surface area contributed by atoms with Gasteiger partial charge in [0.1, 0.15) is 17.2 Å². The molecular weight excluding hydrogens is 348 g/mol. The molecule has 2 rings (SSSR count). The molecular formula is C21H18O6. The summed E-state index contributed by atoms with van der Waals surface area (Å²) in [6.45, 7) is 5.42. The number of esters is 1. The first-order chi connectivity index (χ1) is 13.0. The van der Waals surface area contributed by atoms with Crippen molar-refractivity contribution < 1.29 is 28.6 Å². The molecule has 0 spiro atoms. The first-order valence-electron chi connectivity index (χ1n) is 7.91. The number of aldehydes is 1. The van der Waals surface area contributed by atoms with Gasteiger partial charge in [0.15, 0.2) is 6.29 Å². The van der Waals surface area contributed by atoms with E-state index in [1.54, 1.807) is 55.5 Å². The number of rotatable bonds is 8. The van der Waals surface area contributed by atoms with Crippen molar-refractivity contribution >= 4 is 30.4 Å². The molecule has 0 fully saturated rings. The van der Waals surface area contributed by atoms with Crippen LogP contribution in [0.1, 0.15) is 18.1 Å². The lowest BCUT2D eigenvalue weighted by Crippen LogP contribution is -2.08. The number of ether oxygens (including phenoxy) is 3. The van der Waals surface area contributed by atoms with Crippen LogP contribution in [0.4, 0.5) is 0 Å². The SMILES string of the molecule is C=C(C)C(=O)Oc1ccc(/C=C(\C=O)c2ccc(OC=O)cc2)c(OC)c1. The van der Waals surface area contributed by atoms with E-state index in [9.17, 15) is 14.4 Å². The number of hydrogen-bond acceptors (Lipinski definition) is 6. The molecule has 0 aliphatic rings. The van der Waals surface area contributed by atoms with E-state index in [-0.39, 0.29) is 5.57 Å². The average Bonchev–Trinajstić information content (AvgIpc) is 2.67. The molecule has 0 aliphatic heterocycles. The van der Waals surface area contributed by atoms with Gasteiger partial charge in [0.2, 0.25) is 0 Å². The summed E-state index contributed by atoms with van der Waals surface area (Å²) in [6.07, 6.45) is 2.36. The molecule has 0 heterocycles. The Hall–Kier alpha value is -3.67. The van der Waals surface area contributed by atoms with Crippen LogP contribution in [0.3, 0.4) is 0 Å². The fraction of sp³-hybridized carbons (Fsp3) is 0.0952. The predicted octanol–water partition coefficient (Wildman–Crippen LogP) is 3.45. The van der Waals surface area contributed by atoms with Crippen LogP contribution in [0.2, 0.25) is 0 Å². The van der Waals surface area contributed by atoms with Crippen molar-refractivity contribution in [3.8, 4) is 17.2 Å². The Balaban J connectivity index is 2.34. The van der Waals surface area contributed by atoms with Gasteiger partial charge in [0, 0.05) is 22.8 Å². The van der Waals surface area contributed by atoms with E-state index in [0.29, 0.717) is 46.7 Å². The normalized spacial score (nSPS) is 10.7. The highest BCUT2D eigenvalue weighted by molar-refractivity contribution is 6.13. The quantitative estimate of drug-likeness (QED) is 0.234. The second-order valence-electron chi connectivity index (χ2n) is 5.53. The van der Waals surface area contributed by atoms with Crippen LogP contribution in [0.5, 0.6) is 17.2 Å². The molecule has 2 aromatic rings. The van der Waals surface area contributed by atoms with Crippen LogP contribution in [-0.2, 0) is 14.4 Å². The Labute approximate surface area is 156 Å². The summed E-state index contributed by atoms with van der Waals surface area (Å²) in [6, 6.07) is 11.3. The van der Waals surface area contributed by atoms with E-state index in [1.807, 2.05) is 0 Å². The number of allylic oxidation sites excluding steroid dienone is 1. The number of methoxy groups -OCH3 is 1. The first-order valence-corrected chi connectivity index (χ1v) is 7.91. The third kappa shape index (κ3) is 5.15. The predicted molar refractivity (Wildman–Crippen MR) is 101 cm³/mol. The maximum atomic E-state index is 11.6. The van der Waals surface area contributed by atoms with Crippen LogP contribution in [0, 0.1) is 0 Å². The maximum Gasteiger partial charge on any atom is 0.338 e. The molecule has 0 saturated heterocycles. The number of carbonyl (C=O) groups is 3. The average molecular weight is 366 g/mol. The Morgan fingerprint density at radius 2 is 1.70 bits per heavy atom. The van der Waals surface area contributed by atoms with Gasteiger partial charge >= 0.3 is 5.97 Å². The molecule has 0 atom stereocenters. The highest BCUT2D eigenvalue weighted by Gasteiger charge is 2.10. The zero-order valence-corrected chi connectivity index (χ0v) is 14.9. The van der Waals surface area contributed by atoms with E-state index in [4.69, 9.17) is 14.2 Å². The third-order valence-electron chi connectivity index (χ3n) is 3.57. The Morgan fingerprint density at radius 3 is 2.26 bits per heavy atom. The zero-order valence-electron chi connectivity index (χ0n) is 14.9. The van der Waals surface area contributed by atoms with E-state index in [1.165, 1.54) is 7.11 Å². The molecule has 6 nitrogen and oxygen atoms in total. The van der Waals surface area contributed by atoms with E-state index in [0.717, 1.165) is 0 Å². The van der Waals surface area contributed by atoms with Crippen molar-refractivity contribution in [2.45, 2.75) is 6.92 Å². The minimum atomic E-state index is -0.536. The van der Waals surface area contributed by atoms with Gasteiger partial charge in [-0.05, 0) is 42.8 Å². The van der Waals surface area contributed by atoms with Crippen molar-refractivity contribution in [1.82, 2.24) is 0 Å². The molecule has 0 unspecified atom stereocenters. The lowest BCUT2D eigenvalue weighted by atomic mass is 10.0. The van der Waals surface area contributed by atoms with Crippen LogP contribution >= 0.6 is 0 Å². The summed E-state index contributed by atoms with van der Waals surface area (Å²) in [5, 5.41) is 0. The summed E-state index contributed by atoms with van der Waals surface area (Å²) >= 11 is 0. The largest absolute Gasteiger partial charge is 0.496 e. The lowest BCUT2D eigenvalue weighted by molar-refractivity contribution is -0.130. The minimum absolute atomic E-state index is 0.281. The summed E-state index contributed by atoms with van der Waals surface area (Å²) in [5.74, 6) is 0.578. The fourth-order valence-corrected chi connectivity index (χ4v) is 2.20. The standard InChI is InChI=1S/C21H18O6/c1-14(2)21(24)27-19-9-6-16(20(11-19)25-3)10-17(12-22)15-4-7-18(8-5-15)26-13-23/h4-13H,1H2,2-3H3/b17-10+. The summed E-state index contributed by atoms with van der Waals surface area (Å²) in [5.41, 5.74) is 1.95. The van der Waals surface area contributed by atoms with Crippen molar-refractivity contribution in [2.75, 3.05) is 7.11 Å². The van der Waals surface area contributed by atoms with Gasteiger partial charge in [-0.2, -0.15) is 0 Å². The summed E-state index contributed by atoms with van der Waals surface area (Å²) in [4.78, 5) is 33.5. The van der Waals surface area contributed by atoms with Crippen molar-refractivity contribution in [3.63, 3.8) is 0 Å².